The summed E-state index contributed by atoms with van der Waals surface area (Å²) in [6, 6.07) is 16.0. The molecule has 3 aromatic carbocycles. The molecule has 0 unspecified atom stereocenters. The zero-order valence-electron chi connectivity index (χ0n) is 17.6. The Bertz CT molecular complexity index is 1250. The molecular weight excluding hydrogens is 471 g/mol. The summed E-state index contributed by atoms with van der Waals surface area (Å²) in [5.41, 5.74) is 2.82. The van der Waals surface area contributed by atoms with Gasteiger partial charge in [0.05, 0.1) is 20.6 Å². The van der Waals surface area contributed by atoms with Gasteiger partial charge in [-0.25, -0.2) is 8.42 Å². The molecule has 0 aromatic heterocycles. The Morgan fingerprint density at radius 1 is 0.969 bits per heavy atom. The van der Waals surface area contributed by atoms with Crippen molar-refractivity contribution in [2.45, 2.75) is 31.8 Å². The molecule has 0 fully saturated rings. The fourth-order valence-corrected chi connectivity index (χ4v) is 4.27. The predicted molar refractivity (Wildman–Crippen MR) is 128 cm³/mol. The predicted octanol–water partition coefficient (Wildman–Crippen LogP) is 5.82. The molecule has 0 spiro atoms. The van der Waals surface area contributed by atoms with Gasteiger partial charge in [0.1, 0.15) is 5.75 Å². The van der Waals surface area contributed by atoms with Crippen molar-refractivity contribution in [3.05, 3.63) is 81.8 Å². The highest BCUT2D eigenvalue weighted by molar-refractivity contribution is 7.92. The molecule has 0 bridgehead atoms. The van der Waals surface area contributed by atoms with E-state index in [1.54, 1.807) is 19.1 Å². The summed E-state index contributed by atoms with van der Waals surface area (Å²) in [4.78, 5) is 12.5. The lowest BCUT2D eigenvalue weighted by Gasteiger charge is -2.16. The Hall–Kier alpha value is -2.74. The molecule has 1 atom stereocenters. The van der Waals surface area contributed by atoms with Crippen LogP contribution in [-0.2, 0) is 14.8 Å². The van der Waals surface area contributed by atoms with Gasteiger partial charge >= 0.3 is 0 Å². The van der Waals surface area contributed by atoms with Crippen molar-refractivity contribution in [1.82, 2.24) is 0 Å². The molecule has 2 N–H and O–H groups in total. The lowest BCUT2D eigenvalue weighted by molar-refractivity contribution is -0.122. The van der Waals surface area contributed by atoms with Gasteiger partial charge in [0.2, 0.25) is 0 Å². The lowest BCUT2D eigenvalue weighted by Crippen LogP contribution is -2.30. The Kier molecular flexibility index (Phi) is 7.33. The molecular formula is C23H22Cl2N2O4S. The fraction of sp³-hybridized carbons (Fsp3) is 0.174. The highest BCUT2D eigenvalue weighted by Gasteiger charge is 2.18. The van der Waals surface area contributed by atoms with Gasteiger partial charge < -0.3 is 10.1 Å². The number of nitrogens with one attached hydrogen (secondary N) is 2. The number of halogens is 2. The van der Waals surface area contributed by atoms with E-state index in [0.29, 0.717) is 11.4 Å². The first kappa shape index (κ1) is 23.9. The molecule has 0 aliphatic heterocycles. The molecule has 0 saturated heterocycles. The van der Waals surface area contributed by atoms with E-state index in [9.17, 15) is 13.2 Å². The monoisotopic (exact) mass is 492 g/mol. The van der Waals surface area contributed by atoms with Crippen LogP contribution in [0.3, 0.4) is 0 Å². The van der Waals surface area contributed by atoms with Crippen LogP contribution in [0.2, 0.25) is 10.0 Å². The van der Waals surface area contributed by atoms with Gasteiger partial charge in [0, 0.05) is 5.69 Å². The first-order valence-electron chi connectivity index (χ1n) is 9.68. The van der Waals surface area contributed by atoms with E-state index in [0.717, 1.165) is 11.1 Å². The molecule has 3 aromatic rings. The maximum atomic E-state index is 12.6. The number of ether oxygens (including phenoxy) is 1. The summed E-state index contributed by atoms with van der Waals surface area (Å²) >= 11 is 12.0. The number of hydrogen-bond donors (Lipinski definition) is 2. The summed E-state index contributed by atoms with van der Waals surface area (Å²) < 4.78 is 33.4. The van der Waals surface area contributed by atoms with Crippen molar-refractivity contribution in [2.75, 3.05) is 10.0 Å². The average Bonchev–Trinajstić information content (AvgIpc) is 2.74. The second-order valence-electron chi connectivity index (χ2n) is 7.23. The second-order valence-corrected chi connectivity index (χ2v) is 9.69. The minimum atomic E-state index is -3.89. The SMILES string of the molecule is Cc1ccc(O[C@@H](C)C(=O)Nc2ccc(S(=O)(=O)Nc3cccc(Cl)c3Cl)cc2)cc1C. The van der Waals surface area contributed by atoms with Gasteiger partial charge in [0.25, 0.3) is 15.9 Å². The van der Waals surface area contributed by atoms with Crippen molar-refractivity contribution in [3.8, 4) is 5.75 Å². The maximum absolute atomic E-state index is 12.6. The normalized spacial score (nSPS) is 12.2. The lowest BCUT2D eigenvalue weighted by atomic mass is 10.1. The summed E-state index contributed by atoms with van der Waals surface area (Å²) in [6.45, 7) is 5.61. The van der Waals surface area contributed by atoms with Crippen LogP contribution in [0.4, 0.5) is 11.4 Å². The molecule has 0 aliphatic carbocycles. The van der Waals surface area contributed by atoms with E-state index in [-0.39, 0.29) is 26.5 Å². The third-order valence-corrected chi connectivity index (χ3v) is 6.99. The van der Waals surface area contributed by atoms with E-state index >= 15 is 0 Å². The van der Waals surface area contributed by atoms with Crippen LogP contribution in [0, 0.1) is 13.8 Å². The summed E-state index contributed by atoms with van der Waals surface area (Å²) in [5.74, 6) is 0.241. The Morgan fingerprint density at radius 3 is 2.31 bits per heavy atom. The third-order valence-electron chi connectivity index (χ3n) is 4.79. The number of carbonyl (C=O) groups is 1. The highest BCUT2D eigenvalue weighted by Crippen LogP contribution is 2.31. The molecule has 0 heterocycles. The Labute approximate surface area is 197 Å². The number of carbonyl (C=O) groups excluding carboxylic acids is 1. The van der Waals surface area contributed by atoms with Gasteiger partial charge in [-0.1, -0.05) is 35.3 Å². The largest absolute Gasteiger partial charge is 0.481 e. The molecule has 168 valence electrons. The van der Waals surface area contributed by atoms with Gasteiger partial charge in [-0.05, 0) is 80.4 Å². The zero-order valence-corrected chi connectivity index (χ0v) is 20.0. The van der Waals surface area contributed by atoms with Crippen molar-refractivity contribution in [2.24, 2.45) is 0 Å². The average molecular weight is 493 g/mol. The molecule has 9 heteroatoms. The smallest absolute Gasteiger partial charge is 0.265 e. The van der Waals surface area contributed by atoms with Crippen LogP contribution in [-0.4, -0.2) is 20.4 Å². The minimum absolute atomic E-state index is 0.00553. The number of sulfonamides is 1. The van der Waals surface area contributed by atoms with E-state index in [1.807, 2.05) is 32.0 Å². The van der Waals surface area contributed by atoms with Crippen LogP contribution in [0.15, 0.2) is 65.6 Å². The molecule has 32 heavy (non-hydrogen) atoms. The van der Waals surface area contributed by atoms with Crippen LogP contribution in [0.25, 0.3) is 0 Å². The Balaban J connectivity index is 1.66. The Morgan fingerprint density at radius 2 is 1.66 bits per heavy atom. The van der Waals surface area contributed by atoms with E-state index in [2.05, 4.69) is 10.0 Å². The van der Waals surface area contributed by atoms with E-state index in [4.69, 9.17) is 27.9 Å². The van der Waals surface area contributed by atoms with Crippen LogP contribution in [0.5, 0.6) is 5.75 Å². The minimum Gasteiger partial charge on any atom is -0.481 e. The summed E-state index contributed by atoms with van der Waals surface area (Å²) in [6.07, 6.45) is -0.743. The first-order valence-corrected chi connectivity index (χ1v) is 11.9. The van der Waals surface area contributed by atoms with E-state index in [1.165, 1.54) is 30.3 Å². The highest BCUT2D eigenvalue weighted by atomic mass is 35.5. The number of hydrogen-bond acceptors (Lipinski definition) is 4. The van der Waals surface area contributed by atoms with Crippen molar-refractivity contribution < 1.29 is 17.9 Å². The maximum Gasteiger partial charge on any atom is 0.265 e. The molecule has 0 radical (unpaired) electrons. The quantitative estimate of drug-likeness (QED) is 0.435. The van der Waals surface area contributed by atoms with Crippen molar-refractivity contribution >= 4 is 50.5 Å². The fourth-order valence-electron chi connectivity index (χ4n) is 2.79. The van der Waals surface area contributed by atoms with Crippen molar-refractivity contribution in [3.63, 3.8) is 0 Å². The van der Waals surface area contributed by atoms with Crippen molar-refractivity contribution in [1.29, 1.82) is 0 Å². The van der Waals surface area contributed by atoms with Gasteiger partial charge in [-0.15, -0.1) is 0 Å². The molecule has 0 aliphatic rings. The standard InChI is InChI=1S/C23H22Cl2N2O4S/c1-14-7-10-18(13-15(14)2)31-16(3)23(28)26-17-8-11-19(12-9-17)32(29,30)27-21-6-4-5-20(24)22(21)25/h4-13,16,27H,1-3H3,(H,26,28)/t16-/m0/s1. The molecule has 1 amide bonds. The summed E-state index contributed by atoms with van der Waals surface area (Å²) in [5, 5.41) is 3.06. The van der Waals surface area contributed by atoms with Crippen LogP contribution in [0.1, 0.15) is 18.1 Å². The number of aryl methyl sites for hydroxylation is 2. The number of amides is 1. The van der Waals surface area contributed by atoms with Crippen LogP contribution >= 0.6 is 23.2 Å². The zero-order chi connectivity index (χ0) is 23.5. The first-order chi connectivity index (χ1) is 15.1. The number of anilines is 2. The van der Waals surface area contributed by atoms with E-state index < -0.39 is 16.1 Å². The summed E-state index contributed by atoms with van der Waals surface area (Å²) in [7, 11) is -3.89. The second kappa shape index (κ2) is 9.81. The van der Waals surface area contributed by atoms with Crippen LogP contribution < -0.4 is 14.8 Å². The molecule has 0 saturated carbocycles. The topological polar surface area (TPSA) is 84.5 Å². The van der Waals surface area contributed by atoms with Gasteiger partial charge in [-0.3, -0.25) is 9.52 Å². The van der Waals surface area contributed by atoms with Gasteiger partial charge in [0.15, 0.2) is 6.10 Å². The number of rotatable bonds is 7. The molecule has 3 rings (SSSR count). The van der Waals surface area contributed by atoms with Gasteiger partial charge in [-0.2, -0.15) is 0 Å². The molecule has 6 nitrogen and oxygen atoms in total. The number of benzene rings is 3. The third kappa shape index (κ3) is 5.73.